The summed E-state index contributed by atoms with van der Waals surface area (Å²) in [4.78, 5) is 12.4. The number of nitrogens with one attached hydrogen (secondary N) is 1. The maximum atomic E-state index is 13.2. The molecule has 2 rings (SSSR count). The fourth-order valence-electron chi connectivity index (χ4n) is 1.85. The number of carbonyl (C=O) groups is 1. The second-order valence-electron chi connectivity index (χ2n) is 4.39. The lowest BCUT2D eigenvalue weighted by molar-refractivity contribution is -0.119. The average molecular weight is 305 g/mol. The number of halogens is 3. The number of thioether (sulfide) groups is 1. The van der Waals surface area contributed by atoms with E-state index in [1.165, 1.54) is 12.1 Å². The first-order valence-electron chi connectivity index (χ1n) is 6.15. The highest BCUT2D eigenvalue weighted by atomic mass is 32.2. The Morgan fingerprint density at radius 2 is 2.30 bits per heavy atom. The van der Waals surface area contributed by atoms with Gasteiger partial charge in [0.05, 0.1) is 24.0 Å². The smallest absolute Gasteiger partial charge is 0.247 e. The molecule has 0 unspecified atom stereocenters. The van der Waals surface area contributed by atoms with Crippen LogP contribution in [-0.4, -0.2) is 31.3 Å². The Balaban J connectivity index is 2.07. The molecule has 3 nitrogen and oxygen atoms in total. The summed E-state index contributed by atoms with van der Waals surface area (Å²) in [5.74, 6) is -1.47. The molecule has 0 bridgehead atoms. The molecular weight excluding hydrogens is 291 g/mol. The van der Waals surface area contributed by atoms with Gasteiger partial charge >= 0.3 is 0 Å². The lowest BCUT2D eigenvalue weighted by Gasteiger charge is -2.13. The molecule has 1 fully saturated rings. The van der Waals surface area contributed by atoms with Gasteiger partial charge in [-0.15, -0.1) is 11.8 Å². The van der Waals surface area contributed by atoms with Gasteiger partial charge in [0.2, 0.25) is 12.3 Å². The summed E-state index contributed by atoms with van der Waals surface area (Å²) in [7, 11) is 0. The number of rotatable bonds is 5. The molecule has 0 spiro atoms. The van der Waals surface area contributed by atoms with Crippen LogP contribution in [-0.2, 0) is 9.53 Å². The summed E-state index contributed by atoms with van der Waals surface area (Å²) in [6.45, 7) is 0.856. The molecule has 1 aliphatic heterocycles. The lowest BCUT2D eigenvalue weighted by atomic mass is 10.1. The Bertz CT molecular complexity index is 479. The molecule has 1 aromatic rings. The van der Waals surface area contributed by atoms with Crippen LogP contribution in [0.3, 0.4) is 0 Å². The molecule has 110 valence electrons. The molecule has 1 saturated heterocycles. The number of anilines is 1. The van der Waals surface area contributed by atoms with E-state index in [0.717, 1.165) is 17.8 Å². The molecule has 1 aliphatic rings. The Kier molecular flexibility index (Phi) is 5.31. The van der Waals surface area contributed by atoms with Crippen molar-refractivity contribution >= 4 is 23.4 Å². The number of hydrogen-bond donors (Lipinski definition) is 1. The molecule has 1 aromatic carbocycles. The van der Waals surface area contributed by atoms with E-state index in [9.17, 15) is 18.0 Å². The minimum atomic E-state index is -2.46. The Hall–Kier alpha value is -1.21. The van der Waals surface area contributed by atoms with E-state index >= 15 is 0 Å². The Morgan fingerprint density at radius 1 is 1.50 bits per heavy atom. The fraction of sp³-hybridized carbons (Fsp3) is 0.462. The van der Waals surface area contributed by atoms with Gasteiger partial charge in [0, 0.05) is 11.5 Å². The molecule has 1 atom stereocenters. The Labute approximate surface area is 118 Å². The molecular formula is C13H14F3NO2S. The van der Waals surface area contributed by atoms with E-state index < -0.39 is 18.0 Å². The van der Waals surface area contributed by atoms with Crippen LogP contribution in [0.15, 0.2) is 23.1 Å². The third kappa shape index (κ3) is 4.14. The number of hydrogen-bond acceptors (Lipinski definition) is 3. The van der Waals surface area contributed by atoms with E-state index in [4.69, 9.17) is 4.74 Å². The second kappa shape index (κ2) is 6.99. The highest BCUT2D eigenvalue weighted by Gasteiger charge is 2.24. The molecule has 7 heteroatoms. The van der Waals surface area contributed by atoms with Crippen LogP contribution in [0.5, 0.6) is 0 Å². The zero-order valence-corrected chi connectivity index (χ0v) is 11.4. The molecule has 0 aliphatic carbocycles. The van der Waals surface area contributed by atoms with Gasteiger partial charge in [0.15, 0.2) is 0 Å². The third-order valence-electron chi connectivity index (χ3n) is 2.86. The van der Waals surface area contributed by atoms with E-state index in [1.807, 2.05) is 0 Å². The molecule has 1 heterocycles. The number of amides is 1. The zero-order chi connectivity index (χ0) is 14.5. The molecule has 0 saturated carbocycles. The van der Waals surface area contributed by atoms with Crippen LogP contribution in [0.1, 0.15) is 6.42 Å². The first kappa shape index (κ1) is 15.2. The molecule has 0 aromatic heterocycles. The number of benzene rings is 1. The predicted octanol–water partition coefficient (Wildman–Crippen LogP) is 3.16. The fourth-order valence-corrected chi connectivity index (χ4v) is 2.59. The SMILES string of the molecule is O=C(Nc1cc(F)ccc1SCC(F)F)[C@H]1CCOC1. The van der Waals surface area contributed by atoms with Crippen molar-refractivity contribution in [3.8, 4) is 0 Å². The van der Waals surface area contributed by atoms with Crippen molar-refractivity contribution in [2.24, 2.45) is 5.92 Å². The predicted molar refractivity (Wildman–Crippen MR) is 70.7 cm³/mol. The van der Waals surface area contributed by atoms with E-state index in [0.29, 0.717) is 24.5 Å². The number of alkyl halides is 2. The lowest BCUT2D eigenvalue weighted by Crippen LogP contribution is -2.23. The summed E-state index contributed by atoms with van der Waals surface area (Å²) in [5, 5.41) is 2.59. The standard InChI is InChI=1S/C13H14F3NO2S/c14-9-1-2-11(20-7-12(15)16)10(5-9)17-13(18)8-3-4-19-6-8/h1-2,5,8,12H,3-4,6-7H2,(H,17,18)/t8-/m0/s1. The van der Waals surface area contributed by atoms with Crippen LogP contribution in [0, 0.1) is 11.7 Å². The number of ether oxygens (including phenoxy) is 1. The summed E-state index contributed by atoms with van der Waals surface area (Å²) >= 11 is 0.886. The van der Waals surface area contributed by atoms with Crippen LogP contribution in [0.4, 0.5) is 18.9 Å². The Morgan fingerprint density at radius 3 is 2.95 bits per heavy atom. The van der Waals surface area contributed by atoms with Crippen molar-refractivity contribution in [2.45, 2.75) is 17.7 Å². The van der Waals surface area contributed by atoms with E-state index in [2.05, 4.69) is 5.32 Å². The first-order chi connectivity index (χ1) is 9.56. The third-order valence-corrected chi connectivity index (χ3v) is 3.95. The van der Waals surface area contributed by atoms with Crippen LogP contribution in [0.2, 0.25) is 0 Å². The summed E-state index contributed by atoms with van der Waals surface area (Å²) in [6, 6.07) is 3.72. The molecule has 20 heavy (non-hydrogen) atoms. The largest absolute Gasteiger partial charge is 0.381 e. The number of carbonyl (C=O) groups excluding carboxylic acids is 1. The van der Waals surface area contributed by atoms with Gasteiger partial charge in [-0.3, -0.25) is 4.79 Å². The molecule has 1 N–H and O–H groups in total. The van der Waals surface area contributed by atoms with Crippen molar-refractivity contribution in [1.82, 2.24) is 0 Å². The maximum absolute atomic E-state index is 13.2. The minimum Gasteiger partial charge on any atom is -0.381 e. The van der Waals surface area contributed by atoms with Crippen LogP contribution in [0.25, 0.3) is 0 Å². The van der Waals surface area contributed by atoms with Crippen molar-refractivity contribution in [1.29, 1.82) is 0 Å². The molecule has 0 radical (unpaired) electrons. The van der Waals surface area contributed by atoms with Crippen molar-refractivity contribution in [3.05, 3.63) is 24.0 Å². The topological polar surface area (TPSA) is 38.3 Å². The van der Waals surface area contributed by atoms with Crippen molar-refractivity contribution < 1.29 is 22.7 Å². The second-order valence-corrected chi connectivity index (χ2v) is 5.45. The van der Waals surface area contributed by atoms with Crippen molar-refractivity contribution in [3.63, 3.8) is 0 Å². The molecule has 1 amide bonds. The zero-order valence-electron chi connectivity index (χ0n) is 10.6. The minimum absolute atomic E-state index is 0.229. The van der Waals surface area contributed by atoms with Crippen molar-refractivity contribution in [2.75, 3.05) is 24.3 Å². The monoisotopic (exact) mass is 305 g/mol. The summed E-state index contributed by atoms with van der Waals surface area (Å²) < 4.78 is 42.8. The van der Waals surface area contributed by atoms with Gasteiger partial charge in [-0.25, -0.2) is 13.2 Å². The highest BCUT2D eigenvalue weighted by molar-refractivity contribution is 7.99. The van der Waals surface area contributed by atoms with E-state index in [-0.39, 0.29) is 17.5 Å². The van der Waals surface area contributed by atoms with Gasteiger partial charge in [-0.05, 0) is 24.6 Å². The quantitative estimate of drug-likeness (QED) is 0.849. The van der Waals surface area contributed by atoms with Gasteiger partial charge < -0.3 is 10.1 Å². The maximum Gasteiger partial charge on any atom is 0.247 e. The summed E-state index contributed by atoms with van der Waals surface area (Å²) in [5.41, 5.74) is 0.229. The van der Waals surface area contributed by atoms with Crippen LogP contribution >= 0.6 is 11.8 Å². The van der Waals surface area contributed by atoms with E-state index in [1.54, 1.807) is 0 Å². The van der Waals surface area contributed by atoms with Gasteiger partial charge in [-0.2, -0.15) is 0 Å². The van der Waals surface area contributed by atoms with Crippen LogP contribution < -0.4 is 5.32 Å². The normalized spacial score (nSPS) is 18.5. The summed E-state index contributed by atoms with van der Waals surface area (Å²) in [6.07, 6.45) is -1.85. The van der Waals surface area contributed by atoms with Gasteiger partial charge in [-0.1, -0.05) is 0 Å². The van der Waals surface area contributed by atoms with Gasteiger partial charge in [0.1, 0.15) is 5.82 Å². The average Bonchev–Trinajstić information content (AvgIpc) is 2.91. The van der Waals surface area contributed by atoms with Gasteiger partial charge in [0.25, 0.3) is 0 Å². The first-order valence-corrected chi connectivity index (χ1v) is 7.14. The highest BCUT2D eigenvalue weighted by Crippen LogP contribution is 2.30.